The van der Waals surface area contributed by atoms with E-state index in [-0.39, 0.29) is 0 Å². The zero-order valence-electron chi connectivity index (χ0n) is 11.8. The zero-order chi connectivity index (χ0) is 12.8. The molecule has 2 aliphatic rings. The molecule has 0 spiro atoms. The fraction of sp³-hybridized carbons (Fsp3) is 0.867. The van der Waals surface area contributed by atoms with Crippen LogP contribution in [-0.4, -0.2) is 31.9 Å². The first kappa shape index (κ1) is 13.9. The third-order valence-corrected chi connectivity index (χ3v) is 3.97. The Hall–Kier alpha value is -0.540. The Bertz CT molecular complexity index is 278. The van der Waals surface area contributed by atoms with Gasteiger partial charge in [0.25, 0.3) is 0 Å². The van der Waals surface area contributed by atoms with Crippen LogP contribution in [0.15, 0.2) is 11.8 Å². The molecule has 0 saturated carbocycles. The fourth-order valence-electron chi connectivity index (χ4n) is 3.02. The number of nitrogens with one attached hydrogen (secondary N) is 1. The summed E-state index contributed by atoms with van der Waals surface area (Å²) in [6, 6.07) is 0.359. The van der Waals surface area contributed by atoms with E-state index in [0.29, 0.717) is 18.1 Å². The minimum atomic E-state index is 0.359. The molecule has 2 rings (SSSR count). The van der Waals surface area contributed by atoms with Crippen LogP contribution in [0.2, 0.25) is 0 Å². The largest absolute Gasteiger partial charge is 0.497 e. The molecule has 1 N–H and O–H groups in total. The van der Waals surface area contributed by atoms with Gasteiger partial charge in [-0.2, -0.15) is 0 Å². The van der Waals surface area contributed by atoms with E-state index < -0.39 is 0 Å². The van der Waals surface area contributed by atoms with E-state index in [1.54, 1.807) is 0 Å². The van der Waals surface area contributed by atoms with Crippen LogP contribution in [0, 0.1) is 5.92 Å². The average Bonchev–Trinajstić information content (AvgIpc) is 2.89. The lowest BCUT2D eigenvalue weighted by Gasteiger charge is -2.31. The highest BCUT2D eigenvalue weighted by Crippen LogP contribution is 2.31. The van der Waals surface area contributed by atoms with Gasteiger partial charge in [-0.15, -0.1) is 0 Å². The van der Waals surface area contributed by atoms with Crippen LogP contribution in [0.5, 0.6) is 0 Å². The van der Waals surface area contributed by atoms with Gasteiger partial charge in [0, 0.05) is 12.5 Å². The van der Waals surface area contributed by atoms with Gasteiger partial charge in [-0.1, -0.05) is 13.8 Å². The molecule has 3 heteroatoms. The van der Waals surface area contributed by atoms with Crippen molar-refractivity contribution < 1.29 is 9.47 Å². The topological polar surface area (TPSA) is 30.5 Å². The summed E-state index contributed by atoms with van der Waals surface area (Å²) in [5.41, 5.74) is 0. The number of hydrogen-bond acceptors (Lipinski definition) is 3. The van der Waals surface area contributed by atoms with Crippen molar-refractivity contribution in [2.45, 2.75) is 58.1 Å². The van der Waals surface area contributed by atoms with Gasteiger partial charge >= 0.3 is 0 Å². The third-order valence-electron chi connectivity index (χ3n) is 3.97. The molecule has 3 atom stereocenters. The van der Waals surface area contributed by atoms with E-state index in [0.717, 1.165) is 51.9 Å². The molecule has 0 aromatic carbocycles. The van der Waals surface area contributed by atoms with Gasteiger partial charge in [0.2, 0.25) is 0 Å². The number of rotatable bonds is 6. The molecular weight excluding hydrogens is 226 g/mol. The van der Waals surface area contributed by atoms with Gasteiger partial charge in [-0.05, 0) is 44.7 Å². The van der Waals surface area contributed by atoms with Gasteiger partial charge in [0.05, 0.1) is 18.8 Å². The molecule has 104 valence electrons. The minimum absolute atomic E-state index is 0.359. The van der Waals surface area contributed by atoms with E-state index in [2.05, 4.69) is 25.2 Å². The normalized spacial score (nSPS) is 29.8. The Labute approximate surface area is 111 Å². The van der Waals surface area contributed by atoms with E-state index >= 15 is 0 Å². The maximum atomic E-state index is 5.89. The van der Waals surface area contributed by atoms with Crippen molar-refractivity contribution in [2.24, 2.45) is 5.92 Å². The number of hydrogen-bond donors (Lipinski definition) is 1. The smallest absolute Gasteiger partial charge is 0.109 e. The van der Waals surface area contributed by atoms with Gasteiger partial charge < -0.3 is 14.8 Å². The summed E-state index contributed by atoms with van der Waals surface area (Å²) in [6.07, 6.45) is 8.40. The van der Waals surface area contributed by atoms with Crippen LogP contribution in [-0.2, 0) is 9.47 Å². The Balaban J connectivity index is 2.05. The maximum absolute atomic E-state index is 5.89. The molecule has 2 aliphatic heterocycles. The lowest BCUT2D eigenvalue weighted by atomic mass is 9.89. The molecule has 1 fully saturated rings. The molecule has 0 aromatic rings. The van der Waals surface area contributed by atoms with Crippen molar-refractivity contribution in [3.05, 3.63) is 11.8 Å². The first-order chi connectivity index (χ1) is 8.86. The van der Waals surface area contributed by atoms with Gasteiger partial charge in [-0.25, -0.2) is 0 Å². The standard InChI is InChI=1S/C15H27NO2/c1-3-9-16-15(14-7-5-6-10-17-14)12-8-11-18-13(12)4-2/h7,12-13,15-16H,3-6,8-11H2,1-2H3. The van der Waals surface area contributed by atoms with E-state index in [1.807, 2.05) is 0 Å². The van der Waals surface area contributed by atoms with Gasteiger partial charge in [0.1, 0.15) is 5.76 Å². The lowest BCUT2D eigenvalue weighted by molar-refractivity contribution is 0.0686. The molecule has 0 aliphatic carbocycles. The maximum Gasteiger partial charge on any atom is 0.109 e. The van der Waals surface area contributed by atoms with Crippen molar-refractivity contribution in [3.8, 4) is 0 Å². The van der Waals surface area contributed by atoms with Gasteiger partial charge in [0.15, 0.2) is 0 Å². The molecule has 18 heavy (non-hydrogen) atoms. The van der Waals surface area contributed by atoms with Crippen LogP contribution in [0.4, 0.5) is 0 Å². The SMILES string of the molecule is CCCNC(C1=CCCCO1)C1CCOC1CC. The summed E-state index contributed by atoms with van der Waals surface area (Å²) >= 11 is 0. The zero-order valence-corrected chi connectivity index (χ0v) is 11.8. The molecule has 0 aromatic heterocycles. The summed E-state index contributed by atoms with van der Waals surface area (Å²) in [5, 5.41) is 3.67. The van der Waals surface area contributed by atoms with Crippen molar-refractivity contribution >= 4 is 0 Å². The Morgan fingerprint density at radius 3 is 2.94 bits per heavy atom. The Morgan fingerprint density at radius 2 is 2.28 bits per heavy atom. The predicted octanol–water partition coefficient (Wildman–Crippen LogP) is 2.86. The average molecular weight is 253 g/mol. The fourth-order valence-corrected chi connectivity index (χ4v) is 3.02. The minimum Gasteiger partial charge on any atom is -0.497 e. The van der Waals surface area contributed by atoms with Crippen molar-refractivity contribution in [1.82, 2.24) is 5.32 Å². The summed E-state index contributed by atoms with van der Waals surface area (Å²) in [7, 11) is 0. The van der Waals surface area contributed by atoms with Crippen molar-refractivity contribution in [3.63, 3.8) is 0 Å². The first-order valence-corrected chi connectivity index (χ1v) is 7.54. The predicted molar refractivity (Wildman–Crippen MR) is 73.5 cm³/mol. The summed E-state index contributed by atoms with van der Waals surface area (Å²) in [4.78, 5) is 0. The van der Waals surface area contributed by atoms with Crippen LogP contribution < -0.4 is 5.32 Å². The van der Waals surface area contributed by atoms with Gasteiger partial charge in [-0.3, -0.25) is 0 Å². The molecule has 0 amide bonds. The summed E-state index contributed by atoms with van der Waals surface area (Å²) < 4.78 is 11.7. The van der Waals surface area contributed by atoms with Crippen LogP contribution >= 0.6 is 0 Å². The molecule has 2 heterocycles. The van der Waals surface area contributed by atoms with E-state index in [9.17, 15) is 0 Å². The first-order valence-electron chi connectivity index (χ1n) is 7.54. The second-order valence-electron chi connectivity index (χ2n) is 5.30. The van der Waals surface area contributed by atoms with Crippen molar-refractivity contribution in [1.29, 1.82) is 0 Å². The highest BCUT2D eigenvalue weighted by Gasteiger charge is 2.36. The number of allylic oxidation sites excluding steroid dienone is 1. The number of ether oxygens (including phenoxy) is 2. The summed E-state index contributed by atoms with van der Waals surface area (Å²) in [6.45, 7) is 7.26. The molecule has 1 saturated heterocycles. The second-order valence-corrected chi connectivity index (χ2v) is 5.30. The monoisotopic (exact) mass is 253 g/mol. The third kappa shape index (κ3) is 3.27. The van der Waals surface area contributed by atoms with Crippen LogP contribution in [0.25, 0.3) is 0 Å². The highest BCUT2D eigenvalue weighted by atomic mass is 16.5. The Kier molecular flexibility index (Phi) is 5.51. The molecule has 3 nitrogen and oxygen atoms in total. The molecular formula is C15H27NO2. The van der Waals surface area contributed by atoms with E-state index in [4.69, 9.17) is 9.47 Å². The lowest BCUT2D eigenvalue weighted by Crippen LogP contribution is -2.42. The molecule has 3 unspecified atom stereocenters. The van der Waals surface area contributed by atoms with Crippen LogP contribution in [0.3, 0.4) is 0 Å². The van der Waals surface area contributed by atoms with Crippen molar-refractivity contribution in [2.75, 3.05) is 19.8 Å². The molecule has 0 radical (unpaired) electrons. The Morgan fingerprint density at radius 1 is 1.39 bits per heavy atom. The van der Waals surface area contributed by atoms with Crippen LogP contribution in [0.1, 0.15) is 46.0 Å². The second kappa shape index (κ2) is 7.15. The summed E-state index contributed by atoms with van der Waals surface area (Å²) in [5.74, 6) is 1.74. The quantitative estimate of drug-likeness (QED) is 0.789. The highest BCUT2D eigenvalue weighted by molar-refractivity contribution is 5.09. The van der Waals surface area contributed by atoms with E-state index in [1.165, 1.54) is 5.76 Å². The molecule has 0 bridgehead atoms.